The number of hydrogen-bond acceptors (Lipinski definition) is 8. The van der Waals surface area contributed by atoms with Crippen LogP contribution < -0.4 is 5.32 Å². The lowest BCUT2D eigenvalue weighted by Gasteiger charge is -2.40. The Kier molecular flexibility index (Phi) is 29.2. The average Bonchev–Trinajstić information content (AvgIpc) is 3.08. The lowest BCUT2D eigenvalue weighted by Crippen LogP contribution is -2.60. The van der Waals surface area contributed by atoms with E-state index in [2.05, 4.69) is 19.2 Å². The van der Waals surface area contributed by atoms with Crippen molar-refractivity contribution in [2.45, 2.75) is 230 Å². The highest BCUT2D eigenvalue weighted by Crippen LogP contribution is 2.23. The third kappa shape index (κ3) is 22.1. The summed E-state index contributed by atoms with van der Waals surface area (Å²) < 4.78 is 11.2. The van der Waals surface area contributed by atoms with Crippen LogP contribution in [0.5, 0.6) is 0 Å². The van der Waals surface area contributed by atoms with Gasteiger partial charge in [-0.05, 0) is 12.8 Å². The van der Waals surface area contributed by atoms with Crippen molar-refractivity contribution in [3.63, 3.8) is 0 Å². The molecule has 2 unspecified atom stereocenters. The van der Waals surface area contributed by atoms with Crippen molar-refractivity contribution in [2.75, 3.05) is 13.2 Å². The summed E-state index contributed by atoms with van der Waals surface area (Å²) in [4.78, 5) is 12.9. The minimum Gasteiger partial charge on any atom is -0.394 e. The smallest absolute Gasteiger partial charge is 0.220 e. The molecule has 0 aliphatic carbocycles. The van der Waals surface area contributed by atoms with Crippen LogP contribution in [0.3, 0.4) is 0 Å². The van der Waals surface area contributed by atoms with Gasteiger partial charge >= 0.3 is 0 Å². The fraction of sp³-hybridized carbons (Fsp3) is 0.974. The van der Waals surface area contributed by atoms with E-state index in [0.717, 1.165) is 38.5 Å². The largest absolute Gasteiger partial charge is 0.394 e. The Bertz CT molecular complexity index is 726. The molecule has 6 N–H and O–H groups in total. The first-order chi connectivity index (χ1) is 23.3. The molecule has 7 atom stereocenters. The van der Waals surface area contributed by atoms with E-state index in [1.807, 2.05) is 0 Å². The second-order valence-electron chi connectivity index (χ2n) is 14.4. The van der Waals surface area contributed by atoms with Gasteiger partial charge in [0.05, 0.1) is 25.4 Å². The highest BCUT2D eigenvalue weighted by molar-refractivity contribution is 5.76. The Morgan fingerprint density at radius 2 is 1.04 bits per heavy atom. The first-order valence-electron chi connectivity index (χ1n) is 20.2. The first kappa shape index (κ1) is 45.2. The second-order valence-corrected chi connectivity index (χ2v) is 14.4. The van der Waals surface area contributed by atoms with E-state index in [4.69, 9.17) is 9.47 Å². The fourth-order valence-electron chi connectivity index (χ4n) is 6.63. The van der Waals surface area contributed by atoms with Crippen LogP contribution in [0.1, 0.15) is 187 Å². The minimum atomic E-state index is -1.55. The summed E-state index contributed by atoms with van der Waals surface area (Å²) in [6.45, 7) is 3.81. The molecule has 0 saturated carbocycles. The topological polar surface area (TPSA) is 149 Å². The zero-order chi connectivity index (χ0) is 35.2. The van der Waals surface area contributed by atoms with Gasteiger partial charge in [0.2, 0.25) is 5.91 Å². The molecular formula is C39H77NO8. The number of aliphatic hydroxyl groups is 5. The monoisotopic (exact) mass is 688 g/mol. The number of aliphatic hydroxyl groups excluding tert-OH is 5. The Morgan fingerprint density at radius 1 is 0.625 bits per heavy atom. The van der Waals surface area contributed by atoms with Crippen LogP contribution in [0.4, 0.5) is 0 Å². The third-order valence-electron chi connectivity index (χ3n) is 9.96. The predicted molar refractivity (Wildman–Crippen MR) is 194 cm³/mol. The summed E-state index contributed by atoms with van der Waals surface area (Å²) in [5.41, 5.74) is 0. The maximum atomic E-state index is 12.9. The molecule has 1 amide bonds. The van der Waals surface area contributed by atoms with E-state index in [-0.39, 0.29) is 12.5 Å². The van der Waals surface area contributed by atoms with Crippen molar-refractivity contribution < 1.29 is 39.8 Å². The van der Waals surface area contributed by atoms with Crippen LogP contribution in [0, 0.1) is 0 Å². The number of unbranched alkanes of at least 4 members (excludes halogenated alkanes) is 23. The molecular weight excluding hydrogens is 610 g/mol. The van der Waals surface area contributed by atoms with E-state index in [9.17, 15) is 30.3 Å². The second kappa shape index (κ2) is 31.0. The summed E-state index contributed by atoms with van der Waals surface area (Å²) in [6, 6.07) is -0.709. The summed E-state index contributed by atoms with van der Waals surface area (Å²) >= 11 is 0. The molecule has 1 aliphatic heterocycles. The molecule has 9 nitrogen and oxygen atoms in total. The van der Waals surface area contributed by atoms with Gasteiger partial charge < -0.3 is 40.3 Å². The van der Waals surface area contributed by atoms with Crippen molar-refractivity contribution in [2.24, 2.45) is 0 Å². The number of hydrogen-bond donors (Lipinski definition) is 6. The molecule has 0 radical (unpaired) electrons. The Morgan fingerprint density at radius 3 is 1.48 bits per heavy atom. The normalized spacial score (nSPS) is 22.5. The Labute approximate surface area is 294 Å². The molecule has 1 aliphatic rings. The molecule has 0 aromatic carbocycles. The number of carbonyl (C=O) groups is 1. The number of carbonyl (C=O) groups excluding carboxylic acids is 1. The Balaban J connectivity index is 2.38. The van der Waals surface area contributed by atoms with Crippen LogP contribution in [-0.4, -0.2) is 87.5 Å². The fourth-order valence-corrected chi connectivity index (χ4v) is 6.63. The van der Waals surface area contributed by atoms with Crippen LogP contribution in [-0.2, 0) is 14.3 Å². The van der Waals surface area contributed by atoms with Gasteiger partial charge in [-0.3, -0.25) is 4.79 Å². The Hall–Kier alpha value is -0.810. The van der Waals surface area contributed by atoms with E-state index in [0.29, 0.717) is 12.8 Å². The highest BCUT2D eigenvalue weighted by atomic mass is 16.7. The van der Waals surface area contributed by atoms with Gasteiger partial charge in [-0.1, -0.05) is 168 Å². The van der Waals surface area contributed by atoms with Gasteiger partial charge in [0.1, 0.15) is 24.4 Å². The lowest BCUT2D eigenvalue weighted by atomic mass is 9.99. The van der Waals surface area contributed by atoms with E-state index in [1.54, 1.807) is 0 Å². The number of ether oxygens (including phenoxy) is 2. The molecule has 9 heteroatoms. The molecule has 1 fully saturated rings. The van der Waals surface area contributed by atoms with E-state index in [1.165, 1.54) is 122 Å². The van der Waals surface area contributed by atoms with E-state index >= 15 is 0 Å². The van der Waals surface area contributed by atoms with Gasteiger partial charge in [0.25, 0.3) is 0 Å². The molecule has 0 aromatic rings. The average molecular weight is 688 g/mol. The first-order valence-corrected chi connectivity index (χ1v) is 20.2. The zero-order valence-electron chi connectivity index (χ0n) is 31.0. The third-order valence-corrected chi connectivity index (χ3v) is 9.96. The van der Waals surface area contributed by atoms with Crippen LogP contribution in [0.25, 0.3) is 0 Å². The SMILES string of the molecule is CCCCCCCCCCCCCCCCC[C@@H](O)[C@H](CO[C@@H]1O[C@H](CO)[C@@H](O)C(O)C1O)NC(=O)CCCCCCCCCCCC. The number of amides is 1. The maximum Gasteiger partial charge on any atom is 0.220 e. The molecule has 1 heterocycles. The van der Waals surface area contributed by atoms with Gasteiger partial charge in [0.15, 0.2) is 6.29 Å². The van der Waals surface area contributed by atoms with Gasteiger partial charge in [-0.15, -0.1) is 0 Å². The maximum absolute atomic E-state index is 12.9. The molecule has 286 valence electrons. The van der Waals surface area contributed by atoms with Crippen LogP contribution in [0.2, 0.25) is 0 Å². The van der Waals surface area contributed by atoms with Crippen molar-refractivity contribution in [1.29, 1.82) is 0 Å². The predicted octanol–water partition coefficient (Wildman–Crippen LogP) is 7.22. The lowest BCUT2D eigenvalue weighted by molar-refractivity contribution is -0.302. The molecule has 1 saturated heterocycles. The quantitative estimate of drug-likeness (QED) is 0.0396. The molecule has 0 aromatic heterocycles. The molecule has 48 heavy (non-hydrogen) atoms. The highest BCUT2D eigenvalue weighted by Gasteiger charge is 2.44. The standard InChI is InChI=1S/C39H77NO8/c1-3-5-7-9-11-13-15-16-17-18-19-20-22-24-26-28-33(42)32(31-47-39-38(46)37(45)36(44)34(30-41)48-39)40-35(43)29-27-25-23-21-14-12-10-8-6-4-2/h32-34,36-39,41-42,44-46H,3-31H2,1-2H3,(H,40,43)/t32-,33+,34+,36+,37?,38?,39+/m0/s1. The summed E-state index contributed by atoms with van der Waals surface area (Å²) in [7, 11) is 0. The minimum absolute atomic E-state index is 0.133. The number of nitrogens with one attached hydrogen (secondary N) is 1. The molecule has 0 bridgehead atoms. The van der Waals surface area contributed by atoms with Crippen molar-refractivity contribution in [3.8, 4) is 0 Å². The molecule has 1 rings (SSSR count). The summed E-state index contributed by atoms with van der Waals surface area (Å²) in [6.07, 6.45) is 23.9. The van der Waals surface area contributed by atoms with Gasteiger partial charge in [-0.2, -0.15) is 0 Å². The number of rotatable bonds is 33. The summed E-state index contributed by atoms with van der Waals surface area (Å²) in [5, 5.41) is 54.1. The van der Waals surface area contributed by atoms with E-state index < -0.39 is 49.5 Å². The zero-order valence-corrected chi connectivity index (χ0v) is 31.0. The van der Waals surface area contributed by atoms with Crippen LogP contribution >= 0.6 is 0 Å². The van der Waals surface area contributed by atoms with Crippen molar-refractivity contribution in [3.05, 3.63) is 0 Å². The van der Waals surface area contributed by atoms with Crippen LogP contribution in [0.15, 0.2) is 0 Å². The van der Waals surface area contributed by atoms with Gasteiger partial charge in [0, 0.05) is 6.42 Å². The molecule has 0 spiro atoms. The van der Waals surface area contributed by atoms with Gasteiger partial charge in [-0.25, -0.2) is 0 Å². The summed E-state index contributed by atoms with van der Waals surface area (Å²) in [5.74, 6) is -0.146. The van der Waals surface area contributed by atoms with Crippen molar-refractivity contribution in [1.82, 2.24) is 5.32 Å². The van der Waals surface area contributed by atoms with Crippen molar-refractivity contribution >= 4 is 5.91 Å².